The number of nitrogens with one attached hydrogen (secondary N) is 1. The molecule has 0 bridgehead atoms. The first kappa shape index (κ1) is 21.6. The lowest BCUT2D eigenvalue weighted by Crippen LogP contribution is -1.94. The minimum Gasteiger partial charge on any atom is -0.497 e. The number of hydrogen-bond donors (Lipinski definition) is 1. The van der Waals surface area contributed by atoms with Gasteiger partial charge in [0.1, 0.15) is 34.5 Å². The molecule has 0 saturated heterocycles. The van der Waals surface area contributed by atoms with Crippen LogP contribution in [-0.2, 0) is 0 Å². The van der Waals surface area contributed by atoms with Gasteiger partial charge >= 0.3 is 0 Å². The summed E-state index contributed by atoms with van der Waals surface area (Å²) >= 11 is 6.08. The van der Waals surface area contributed by atoms with Crippen LogP contribution in [0.3, 0.4) is 0 Å². The van der Waals surface area contributed by atoms with Gasteiger partial charge in [-0.15, -0.1) is 0 Å². The highest BCUT2D eigenvalue weighted by Crippen LogP contribution is 2.42. The molecule has 0 saturated carbocycles. The quantitative estimate of drug-likeness (QED) is 0.368. The van der Waals surface area contributed by atoms with E-state index in [0.29, 0.717) is 33.8 Å². The lowest BCUT2D eigenvalue weighted by molar-refractivity contribution is 0.394. The fourth-order valence-corrected chi connectivity index (χ4v) is 3.63. The Balaban J connectivity index is 1.96. The van der Waals surface area contributed by atoms with Crippen molar-refractivity contribution in [2.45, 2.75) is 0 Å². The van der Waals surface area contributed by atoms with Crippen LogP contribution in [0.5, 0.6) is 23.0 Å². The third-order valence-corrected chi connectivity index (χ3v) is 5.42. The average Bonchev–Trinajstić information content (AvgIpc) is 3.28. The number of nitrogens with zero attached hydrogens (tertiary/aromatic N) is 1. The molecule has 0 aliphatic rings. The van der Waals surface area contributed by atoms with Crippen LogP contribution in [-0.4, -0.2) is 38.4 Å². The minimum absolute atomic E-state index is 0.646. The summed E-state index contributed by atoms with van der Waals surface area (Å²) < 4.78 is 22.0. The Morgan fingerprint density at radius 1 is 0.688 bits per heavy atom. The number of rotatable bonds is 7. The Bertz CT molecular complexity index is 1160. The number of methoxy groups -OCH3 is 4. The predicted molar refractivity (Wildman–Crippen MR) is 126 cm³/mol. The Kier molecular flexibility index (Phi) is 6.23. The number of benzene rings is 3. The van der Waals surface area contributed by atoms with Crippen molar-refractivity contribution in [2.24, 2.45) is 0 Å². The van der Waals surface area contributed by atoms with Crippen LogP contribution in [0.25, 0.3) is 33.9 Å². The minimum atomic E-state index is 0.646. The van der Waals surface area contributed by atoms with Crippen LogP contribution in [0.4, 0.5) is 0 Å². The Morgan fingerprint density at radius 2 is 1.25 bits per heavy atom. The average molecular weight is 451 g/mol. The zero-order valence-electron chi connectivity index (χ0n) is 18.2. The second-order valence-electron chi connectivity index (χ2n) is 6.95. The normalized spacial score (nSPS) is 10.7. The van der Waals surface area contributed by atoms with Crippen molar-refractivity contribution in [3.05, 3.63) is 65.7 Å². The lowest BCUT2D eigenvalue weighted by Gasteiger charge is -2.13. The molecule has 0 unspecified atom stereocenters. The Morgan fingerprint density at radius 3 is 1.81 bits per heavy atom. The molecule has 0 aliphatic carbocycles. The van der Waals surface area contributed by atoms with Gasteiger partial charge in [-0.2, -0.15) is 0 Å². The maximum absolute atomic E-state index is 6.08. The summed E-state index contributed by atoms with van der Waals surface area (Å²) in [5.41, 5.74) is 4.07. The molecule has 0 amide bonds. The third kappa shape index (κ3) is 4.09. The number of aromatic amines is 1. The summed E-state index contributed by atoms with van der Waals surface area (Å²) in [6.45, 7) is 0. The van der Waals surface area contributed by atoms with Gasteiger partial charge in [-0.3, -0.25) is 0 Å². The highest BCUT2D eigenvalue weighted by atomic mass is 35.5. The van der Waals surface area contributed by atoms with Crippen molar-refractivity contribution in [1.29, 1.82) is 0 Å². The molecular weight excluding hydrogens is 428 g/mol. The summed E-state index contributed by atoms with van der Waals surface area (Å²) in [6, 6.07) is 18.8. The van der Waals surface area contributed by atoms with Crippen molar-refractivity contribution in [3.63, 3.8) is 0 Å². The molecule has 3 aromatic carbocycles. The van der Waals surface area contributed by atoms with E-state index in [9.17, 15) is 0 Å². The van der Waals surface area contributed by atoms with Crippen molar-refractivity contribution >= 4 is 11.6 Å². The van der Waals surface area contributed by atoms with E-state index in [2.05, 4.69) is 4.98 Å². The summed E-state index contributed by atoms with van der Waals surface area (Å²) in [4.78, 5) is 8.40. The van der Waals surface area contributed by atoms with E-state index >= 15 is 0 Å². The highest BCUT2D eigenvalue weighted by molar-refractivity contribution is 6.30. The number of halogens is 1. The first-order valence-electron chi connectivity index (χ1n) is 9.88. The largest absolute Gasteiger partial charge is 0.497 e. The predicted octanol–water partition coefficient (Wildman–Crippen LogP) is 6.10. The SMILES string of the molecule is COc1ccc(-c2nc(-c3ccc(Cl)cc3)[nH]c2-c2ccc(OC)cc2OC)c(OC)c1. The molecule has 4 aromatic rings. The van der Waals surface area contributed by atoms with Crippen molar-refractivity contribution in [3.8, 4) is 56.9 Å². The maximum Gasteiger partial charge on any atom is 0.138 e. The van der Waals surface area contributed by atoms with E-state index in [-0.39, 0.29) is 0 Å². The maximum atomic E-state index is 6.08. The third-order valence-electron chi connectivity index (χ3n) is 5.16. The molecule has 1 aromatic heterocycles. The molecule has 0 atom stereocenters. The zero-order chi connectivity index (χ0) is 22.7. The van der Waals surface area contributed by atoms with Crippen molar-refractivity contribution < 1.29 is 18.9 Å². The molecule has 0 fully saturated rings. The molecule has 0 radical (unpaired) electrons. The smallest absolute Gasteiger partial charge is 0.138 e. The van der Waals surface area contributed by atoms with Crippen molar-refractivity contribution in [1.82, 2.24) is 9.97 Å². The molecule has 0 aliphatic heterocycles. The van der Waals surface area contributed by atoms with E-state index in [4.69, 9.17) is 35.5 Å². The monoisotopic (exact) mass is 450 g/mol. The Labute approximate surface area is 191 Å². The molecule has 1 N–H and O–H groups in total. The van der Waals surface area contributed by atoms with Gasteiger partial charge in [0.15, 0.2) is 0 Å². The summed E-state index contributed by atoms with van der Waals surface area (Å²) in [5, 5.41) is 0.661. The lowest BCUT2D eigenvalue weighted by atomic mass is 10.0. The highest BCUT2D eigenvalue weighted by Gasteiger charge is 2.21. The van der Waals surface area contributed by atoms with Gasteiger partial charge in [-0.1, -0.05) is 11.6 Å². The molecule has 164 valence electrons. The van der Waals surface area contributed by atoms with Crippen LogP contribution in [0.15, 0.2) is 60.7 Å². The number of hydrogen-bond acceptors (Lipinski definition) is 5. The van der Waals surface area contributed by atoms with Gasteiger partial charge in [-0.25, -0.2) is 4.98 Å². The van der Waals surface area contributed by atoms with Gasteiger partial charge in [0.25, 0.3) is 0 Å². The molecule has 4 rings (SSSR count). The number of ether oxygens (including phenoxy) is 4. The zero-order valence-corrected chi connectivity index (χ0v) is 19.0. The fraction of sp³-hybridized carbons (Fsp3) is 0.160. The van der Waals surface area contributed by atoms with E-state index < -0.39 is 0 Å². The Hall–Kier alpha value is -3.64. The van der Waals surface area contributed by atoms with Gasteiger partial charge in [0, 0.05) is 33.8 Å². The van der Waals surface area contributed by atoms with Crippen LogP contribution in [0.2, 0.25) is 5.02 Å². The van der Waals surface area contributed by atoms with E-state index in [1.54, 1.807) is 28.4 Å². The molecule has 7 heteroatoms. The van der Waals surface area contributed by atoms with E-state index in [1.807, 2.05) is 60.7 Å². The summed E-state index contributed by atoms with van der Waals surface area (Å²) in [6.07, 6.45) is 0. The first-order valence-corrected chi connectivity index (χ1v) is 10.3. The van der Waals surface area contributed by atoms with Crippen LogP contribution >= 0.6 is 11.6 Å². The second-order valence-corrected chi connectivity index (χ2v) is 7.38. The van der Waals surface area contributed by atoms with Crippen LogP contribution in [0.1, 0.15) is 0 Å². The number of aromatic nitrogens is 2. The van der Waals surface area contributed by atoms with Gasteiger partial charge < -0.3 is 23.9 Å². The summed E-state index contributed by atoms with van der Waals surface area (Å²) in [7, 11) is 6.49. The number of H-pyrrole nitrogens is 1. The second kappa shape index (κ2) is 9.24. The molecule has 32 heavy (non-hydrogen) atoms. The summed E-state index contributed by atoms with van der Waals surface area (Å²) in [5.74, 6) is 3.40. The standard InChI is InChI=1S/C25H23ClN2O4/c1-29-17-9-11-19(21(13-17)31-3)23-24(20-12-10-18(30-2)14-22(20)32-4)28-25(27-23)15-5-7-16(26)8-6-15/h5-14H,1-4H3,(H,27,28). The van der Waals surface area contributed by atoms with Crippen LogP contribution < -0.4 is 18.9 Å². The molecule has 1 heterocycles. The van der Waals surface area contributed by atoms with E-state index in [1.165, 1.54) is 0 Å². The van der Waals surface area contributed by atoms with Gasteiger partial charge in [0.05, 0.1) is 34.1 Å². The molecular formula is C25H23ClN2O4. The fourth-order valence-electron chi connectivity index (χ4n) is 3.51. The van der Waals surface area contributed by atoms with Gasteiger partial charge in [0.2, 0.25) is 0 Å². The molecule has 6 nitrogen and oxygen atoms in total. The van der Waals surface area contributed by atoms with Gasteiger partial charge in [-0.05, 0) is 48.5 Å². The van der Waals surface area contributed by atoms with E-state index in [0.717, 1.165) is 28.1 Å². The van der Waals surface area contributed by atoms with Crippen LogP contribution in [0, 0.1) is 0 Å². The topological polar surface area (TPSA) is 65.6 Å². The molecule has 0 spiro atoms. The first-order chi connectivity index (χ1) is 15.6. The number of imidazole rings is 1. The van der Waals surface area contributed by atoms with Crippen molar-refractivity contribution in [2.75, 3.05) is 28.4 Å².